The van der Waals surface area contributed by atoms with Gasteiger partial charge in [-0.3, -0.25) is 4.98 Å². The van der Waals surface area contributed by atoms with Crippen LogP contribution in [0, 0.1) is 6.92 Å². The summed E-state index contributed by atoms with van der Waals surface area (Å²) in [7, 11) is 0. The van der Waals surface area contributed by atoms with Gasteiger partial charge in [-0.2, -0.15) is 0 Å². The molecule has 0 aliphatic heterocycles. The fourth-order valence-electron chi connectivity index (χ4n) is 0.947. The van der Waals surface area contributed by atoms with Crippen LogP contribution in [-0.2, 0) is 0 Å². The number of halogens is 1. The van der Waals surface area contributed by atoms with Gasteiger partial charge in [0.1, 0.15) is 10.1 Å². The lowest BCUT2D eigenvalue weighted by molar-refractivity contribution is 0.989. The first kappa shape index (κ1) is 10.3. The molecular weight excluding hydrogens is 232 g/mol. The van der Waals surface area contributed by atoms with E-state index >= 15 is 0 Å². The Morgan fingerprint density at radius 1 is 1.20 bits per heavy atom. The average Bonchev–Trinajstić information content (AvgIpc) is 2.25. The average molecular weight is 239 g/mol. The number of hydrogen-bond acceptors (Lipinski definition) is 5. The summed E-state index contributed by atoms with van der Waals surface area (Å²) in [5.74, 6) is 0. The van der Waals surface area contributed by atoms with Crippen molar-refractivity contribution in [1.29, 1.82) is 0 Å². The number of nitrogens with zero attached hydrogens (tertiary/aromatic N) is 4. The number of hydrogen-bond donors (Lipinski definition) is 0. The van der Waals surface area contributed by atoms with Crippen molar-refractivity contribution in [2.45, 2.75) is 17.0 Å². The van der Waals surface area contributed by atoms with Crippen LogP contribution in [0.5, 0.6) is 0 Å². The van der Waals surface area contributed by atoms with Crippen molar-refractivity contribution in [1.82, 2.24) is 19.9 Å². The molecule has 0 aliphatic rings. The molecule has 0 amide bonds. The van der Waals surface area contributed by atoms with Crippen molar-refractivity contribution in [3.8, 4) is 0 Å². The van der Waals surface area contributed by atoms with E-state index in [-0.39, 0.29) is 5.28 Å². The van der Waals surface area contributed by atoms with Gasteiger partial charge in [0.05, 0.1) is 6.20 Å². The smallest absolute Gasteiger partial charge is 0.223 e. The van der Waals surface area contributed by atoms with Gasteiger partial charge in [-0.05, 0) is 30.3 Å². The molecule has 0 aliphatic carbocycles. The van der Waals surface area contributed by atoms with Crippen molar-refractivity contribution in [2.24, 2.45) is 0 Å². The topological polar surface area (TPSA) is 51.6 Å². The molecule has 0 N–H and O–H groups in total. The van der Waals surface area contributed by atoms with E-state index in [1.807, 2.05) is 6.92 Å². The van der Waals surface area contributed by atoms with Gasteiger partial charge < -0.3 is 0 Å². The van der Waals surface area contributed by atoms with Gasteiger partial charge in [-0.25, -0.2) is 15.0 Å². The van der Waals surface area contributed by atoms with Crippen LogP contribution in [0.25, 0.3) is 0 Å². The van der Waals surface area contributed by atoms with Crippen molar-refractivity contribution in [2.75, 3.05) is 0 Å². The summed E-state index contributed by atoms with van der Waals surface area (Å²) in [6.07, 6.45) is 6.64. The summed E-state index contributed by atoms with van der Waals surface area (Å²) in [6, 6.07) is 0. The summed E-state index contributed by atoms with van der Waals surface area (Å²) < 4.78 is 0. The zero-order valence-corrected chi connectivity index (χ0v) is 9.46. The molecule has 0 atom stereocenters. The van der Waals surface area contributed by atoms with E-state index in [0.717, 1.165) is 15.6 Å². The van der Waals surface area contributed by atoms with Crippen LogP contribution >= 0.6 is 23.4 Å². The highest BCUT2D eigenvalue weighted by molar-refractivity contribution is 7.99. The molecule has 0 spiro atoms. The molecule has 0 saturated heterocycles. The molecule has 0 unspecified atom stereocenters. The van der Waals surface area contributed by atoms with E-state index in [1.54, 1.807) is 24.8 Å². The highest BCUT2D eigenvalue weighted by atomic mass is 35.5. The third-order valence-electron chi connectivity index (χ3n) is 1.64. The Morgan fingerprint density at radius 3 is 2.80 bits per heavy atom. The predicted octanol–water partition coefficient (Wildman–Crippen LogP) is 2.38. The van der Waals surface area contributed by atoms with Crippen molar-refractivity contribution < 1.29 is 0 Å². The number of aryl methyl sites for hydroxylation is 1. The quantitative estimate of drug-likeness (QED) is 0.594. The molecule has 0 radical (unpaired) electrons. The highest BCUT2D eigenvalue weighted by Crippen LogP contribution is 2.26. The normalized spacial score (nSPS) is 10.3. The van der Waals surface area contributed by atoms with Gasteiger partial charge in [0.15, 0.2) is 0 Å². The zero-order valence-electron chi connectivity index (χ0n) is 7.88. The van der Waals surface area contributed by atoms with Crippen LogP contribution in [0.2, 0.25) is 5.28 Å². The van der Waals surface area contributed by atoms with Crippen molar-refractivity contribution in [3.05, 3.63) is 35.6 Å². The second-order valence-corrected chi connectivity index (χ2v) is 4.12. The molecule has 2 aromatic rings. The monoisotopic (exact) mass is 238 g/mol. The minimum Gasteiger partial charge on any atom is -0.260 e. The summed E-state index contributed by atoms with van der Waals surface area (Å²) in [5, 5.41) is 1.83. The van der Waals surface area contributed by atoms with Gasteiger partial charge in [-0.15, -0.1) is 0 Å². The van der Waals surface area contributed by atoms with Crippen molar-refractivity contribution >= 4 is 23.4 Å². The molecule has 0 aromatic carbocycles. The standard InChI is InChI=1S/C9H7ClN4S/c1-6-4-13-9(10)14-8(6)15-7-5-11-2-3-12-7/h2-5H,1H3. The highest BCUT2D eigenvalue weighted by Gasteiger charge is 2.05. The summed E-state index contributed by atoms with van der Waals surface area (Å²) in [5.41, 5.74) is 0.968. The molecule has 0 saturated carbocycles. The van der Waals surface area contributed by atoms with Gasteiger partial charge >= 0.3 is 0 Å². The van der Waals surface area contributed by atoms with Gasteiger partial charge in [0, 0.05) is 24.2 Å². The second-order valence-electron chi connectivity index (χ2n) is 2.77. The van der Waals surface area contributed by atoms with Crippen LogP contribution in [-0.4, -0.2) is 19.9 Å². The Bertz CT molecular complexity index is 463. The first-order chi connectivity index (χ1) is 7.25. The van der Waals surface area contributed by atoms with E-state index in [2.05, 4.69) is 19.9 Å². The third kappa shape index (κ3) is 2.64. The van der Waals surface area contributed by atoms with E-state index in [9.17, 15) is 0 Å². The lowest BCUT2D eigenvalue weighted by Crippen LogP contribution is -1.90. The Hall–Kier alpha value is -1.20. The number of aromatic nitrogens is 4. The van der Waals surface area contributed by atoms with Gasteiger partial charge in [0.25, 0.3) is 0 Å². The molecule has 15 heavy (non-hydrogen) atoms. The summed E-state index contributed by atoms with van der Waals surface area (Å²) in [6.45, 7) is 1.93. The van der Waals surface area contributed by atoms with Gasteiger partial charge in [-0.1, -0.05) is 0 Å². The molecular formula is C9H7ClN4S. The molecule has 6 heteroatoms. The Morgan fingerprint density at radius 2 is 2.07 bits per heavy atom. The maximum absolute atomic E-state index is 5.71. The third-order valence-corrected chi connectivity index (χ3v) is 2.85. The zero-order chi connectivity index (χ0) is 10.7. The summed E-state index contributed by atoms with van der Waals surface area (Å²) >= 11 is 7.13. The number of rotatable bonds is 2. The molecule has 4 nitrogen and oxygen atoms in total. The largest absolute Gasteiger partial charge is 0.260 e. The second kappa shape index (κ2) is 4.55. The first-order valence-electron chi connectivity index (χ1n) is 4.19. The van der Waals surface area contributed by atoms with E-state index in [0.29, 0.717) is 0 Å². The molecule has 2 aromatic heterocycles. The molecule has 0 bridgehead atoms. The van der Waals surface area contributed by atoms with E-state index in [4.69, 9.17) is 11.6 Å². The molecule has 0 fully saturated rings. The van der Waals surface area contributed by atoms with E-state index in [1.165, 1.54) is 11.8 Å². The van der Waals surface area contributed by atoms with Crippen LogP contribution < -0.4 is 0 Å². The first-order valence-corrected chi connectivity index (χ1v) is 5.38. The minimum atomic E-state index is 0.243. The Kier molecular flexibility index (Phi) is 3.13. The Labute approximate surface area is 96.2 Å². The van der Waals surface area contributed by atoms with Crippen molar-refractivity contribution in [3.63, 3.8) is 0 Å². The van der Waals surface area contributed by atoms with Crippen LogP contribution in [0.1, 0.15) is 5.56 Å². The summed E-state index contributed by atoms with van der Waals surface area (Å²) in [4.78, 5) is 16.1. The van der Waals surface area contributed by atoms with Gasteiger partial charge in [0.2, 0.25) is 5.28 Å². The maximum atomic E-state index is 5.71. The molecule has 2 rings (SSSR count). The maximum Gasteiger partial charge on any atom is 0.223 e. The minimum absolute atomic E-state index is 0.243. The Balaban J connectivity index is 2.28. The van der Waals surface area contributed by atoms with Crippen LogP contribution in [0.3, 0.4) is 0 Å². The molecule has 2 heterocycles. The fourth-order valence-corrected chi connectivity index (χ4v) is 1.90. The van der Waals surface area contributed by atoms with E-state index < -0.39 is 0 Å². The fraction of sp³-hybridized carbons (Fsp3) is 0.111. The lowest BCUT2D eigenvalue weighted by Gasteiger charge is -2.02. The van der Waals surface area contributed by atoms with Crippen LogP contribution in [0.15, 0.2) is 34.8 Å². The van der Waals surface area contributed by atoms with Crippen LogP contribution in [0.4, 0.5) is 0 Å². The SMILES string of the molecule is Cc1cnc(Cl)nc1Sc1cnccn1. The lowest BCUT2D eigenvalue weighted by atomic mass is 10.4. The predicted molar refractivity (Wildman–Crippen MR) is 57.9 cm³/mol. The molecule has 76 valence electrons.